The topological polar surface area (TPSA) is 98.5 Å². The monoisotopic (exact) mass is 394 g/mol. The molecular formula is C21H22N4O4. The van der Waals surface area contributed by atoms with E-state index in [1.54, 1.807) is 18.3 Å². The molecule has 1 aliphatic heterocycles. The van der Waals surface area contributed by atoms with Crippen LogP contribution in [-0.2, 0) is 6.54 Å². The van der Waals surface area contributed by atoms with E-state index in [9.17, 15) is 4.79 Å². The molecule has 0 saturated carbocycles. The number of amides is 1. The Morgan fingerprint density at radius 2 is 2.07 bits per heavy atom. The van der Waals surface area contributed by atoms with Gasteiger partial charge in [0.1, 0.15) is 30.0 Å². The van der Waals surface area contributed by atoms with Crippen LogP contribution in [0, 0.1) is 6.92 Å². The molecule has 0 spiro atoms. The quantitative estimate of drug-likeness (QED) is 0.636. The Balaban J connectivity index is 1.21. The number of carbonyl (C=O) groups excluding carboxylic acids is 1. The summed E-state index contributed by atoms with van der Waals surface area (Å²) < 4.78 is 16.6. The molecule has 0 bridgehead atoms. The van der Waals surface area contributed by atoms with Gasteiger partial charge in [-0.1, -0.05) is 17.3 Å². The average molecular weight is 394 g/mol. The minimum atomic E-state index is -0.173. The number of rotatable bonds is 7. The molecule has 0 radical (unpaired) electrons. The van der Waals surface area contributed by atoms with Crippen LogP contribution in [-0.4, -0.2) is 35.3 Å². The van der Waals surface area contributed by atoms with E-state index < -0.39 is 0 Å². The third-order valence-corrected chi connectivity index (χ3v) is 4.47. The van der Waals surface area contributed by atoms with Gasteiger partial charge in [-0.3, -0.25) is 4.79 Å². The van der Waals surface area contributed by atoms with E-state index in [1.807, 2.05) is 37.3 Å². The second-order valence-electron chi connectivity index (χ2n) is 6.76. The number of aromatic nitrogens is 2. The fourth-order valence-corrected chi connectivity index (χ4v) is 2.97. The van der Waals surface area contributed by atoms with Gasteiger partial charge in [0.25, 0.3) is 5.91 Å². The smallest absolute Gasteiger partial charge is 0.252 e. The van der Waals surface area contributed by atoms with Crippen LogP contribution >= 0.6 is 0 Å². The molecule has 3 aromatic rings. The lowest BCUT2D eigenvalue weighted by Gasteiger charge is -2.26. The molecule has 29 heavy (non-hydrogen) atoms. The number of ether oxygens (including phenoxy) is 2. The fourth-order valence-electron chi connectivity index (χ4n) is 2.97. The summed E-state index contributed by atoms with van der Waals surface area (Å²) in [5, 5.41) is 9.94. The van der Waals surface area contributed by atoms with Gasteiger partial charge in [-0.15, -0.1) is 0 Å². The highest BCUT2D eigenvalue weighted by molar-refractivity contribution is 5.94. The molecule has 0 fully saturated rings. The molecule has 1 atom stereocenters. The number of para-hydroxylation sites is 2. The van der Waals surface area contributed by atoms with Crippen molar-refractivity contribution in [3.63, 3.8) is 0 Å². The number of aryl methyl sites for hydroxylation is 1. The van der Waals surface area contributed by atoms with Crippen molar-refractivity contribution >= 4 is 11.7 Å². The van der Waals surface area contributed by atoms with E-state index >= 15 is 0 Å². The van der Waals surface area contributed by atoms with Crippen molar-refractivity contribution in [2.45, 2.75) is 26.0 Å². The highest BCUT2D eigenvalue weighted by atomic mass is 16.6. The molecule has 1 amide bonds. The predicted octanol–water partition coefficient (Wildman–Crippen LogP) is 2.95. The predicted molar refractivity (Wildman–Crippen MR) is 106 cm³/mol. The molecule has 150 valence electrons. The lowest BCUT2D eigenvalue weighted by Crippen LogP contribution is -2.34. The first-order valence-corrected chi connectivity index (χ1v) is 9.46. The summed E-state index contributed by atoms with van der Waals surface area (Å²) in [6, 6.07) is 12.9. The zero-order valence-electron chi connectivity index (χ0n) is 16.1. The van der Waals surface area contributed by atoms with Crippen LogP contribution in [0.2, 0.25) is 0 Å². The first-order chi connectivity index (χ1) is 14.2. The van der Waals surface area contributed by atoms with Crippen molar-refractivity contribution < 1.29 is 18.8 Å². The summed E-state index contributed by atoms with van der Waals surface area (Å²) in [5.74, 6) is 2.74. The molecule has 0 aliphatic carbocycles. The Kier molecular flexibility index (Phi) is 5.60. The number of benzene rings is 1. The van der Waals surface area contributed by atoms with Crippen LogP contribution in [0.15, 0.2) is 53.2 Å². The molecule has 3 heterocycles. The van der Waals surface area contributed by atoms with Crippen molar-refractivity contribution in [1.29, 1.82) is 0 Å². The Morgan fingerprint density at radius 3 is 2.83 bits per heavy atom. The summed E-state index contributed by atoms with van der Waals surface area (Å²) in [7, 11) is 0. The maximum atomic E-state index is 12.3. The molecule has 2 N–H and O–H groups in total. The third kappa shape index (κ3) is 4.84. The lowest BCUT2D eigenvalue weighted by atomic mass is 10.2. The van der Waals surface area contributed by atoms with Crippen molar-refractivity contribution in [1.82, 2.24) is 15.5 Å². The summed E-state index contributed by atoms with van der Waals surface area (Å²) in [6.45, 7) is 3.30. The van der Waals surface area contributed by atoms with Gasteiger partial charge < -0.3 is 24.6 Å². The molecule has 8 heteroatoms. The Morgan fingerprint density at radius 1 is 1.21 bits per heavy atom. The number of carbonyl (C=O) groups is 1. The molecule has 8 nitrogen and oxygen atoms in total. The van der Waals surface area contributed by atoms with Crippen LogP contribution in [0.4, 0.5) is 5.82 Å². The van der Waals surface area contributed by atoms with Gasteiger partial charge in [-0.05, 0) is 31.2 Å². The normalized spacial score (nSPS) is 15.0. The van der Waals surface area contributed by atoms with Gasteiger partial charge >= 0.3 is 0 Å². The van der Waals surface area contributed by atoms with Gasteiger partial charge in [0.05, 0.1) is 12.1 Å². The first-order valence-electron chi connectivity index (χ1n) is 9.46. The van der Waals surface area contributed by atoms with Crippen molar-refractivity contribution in [2.24, 2.45) is 0 Å². The zero-order chi connectivity index (χ0) is 20.1. The minimum Gasteiger partial charge on any atom is -0.486 e. The second kappa shape index (κ2) is 8.64. The average Bonchev–Trinajstić information content (AvgIpc) is 3.17. The van der Waals surface area contributed by atoms with Gasteiger partial charge in [0, 0.05) is 25.2 Å². The van der Waals surface area contributed by atoms with Crippen molar-refractivity contribution in [3.05, 3.63) is 65.7 Å². The molecule has 1 aliphatic rings. The number of nitrogens with one attached hydrogen (secondary N) is 2. The van der Waals surface area contributed by atoms with E-state index in [0.717, 1.165) is 23.0 Å². The maximum Gasteiger partial charge on any atom is 0.252 e. The van der Waals surface area contributed by atoms with E-state index in [4.69, 9.17) is 14.0 Å². The number of hydrogen-bond donors (Lipinski definition) is 2. The van der Waals surface area contributed by atoms with Crippen LogP contribution < -0.4 is 20.1 Å². The summed E-state index contributed by atoms with van der Waals surface area (Å²) in [6.07, 6.45) is 2.11. The molecule has 1 aromatic carbocycles. The number of anilines is 1. The third-order valence-electron chi connectivity index (χ3n) is 4.47. The van der Waals surface area contributed by atoms with Gasteiger partial charge in [0.15, 0.2) is 11.5 Å². The Bertz CT molecular complexity index is 971. The van der Waals surface area contributed by atoms with E-state index in [0.29, 0.717) is 37.5 Å². The Hall–Kier alpha value is -3.55. The number of fused-ring (bicyclic) bond motifs is 1. The number of nitrogens with zero attached hydrogens (tertiary/aromatic N) is 2. The van der Waals surface area contributed by atoms with E-state index in [-0.39, 0.29) is 12.0 Å². The molecular weight excluding hydrogens is 372 g/mol. The molecule has 0 saturated heterocycles. The van der Waals surface area contributed by atoms with Gasteiger partial charge in [0.2, 0.25) is 0 Å². The van der Waals surface area contributed by atoms with E-state index in [1.165, 1.54) is 0 Å². The highest BCUT2D eigenvalue weighted by Gasteiger charge is 2.20. The fraction of sp³-hybridized carbons (Fsp3) is 0.286. The van der Waals surface area contributed by atoms with Gasteiger partial charge in [-0.25, -0.2) is 4.98 Å². The number of hydrogen-bond acceptors (Lipinski definition) is 7. The zero-order valence-corrected chi connectivity index (χ0v) is 16.1. The SMILES string of the molecule is Cc1cc(CNc2ccc(C(=O)NCCC3COc4ccccc4O3)cn2)no1. The van der Waals surface area contributed by atoms with Crippen LogP contribution in [0.3, 0.4) is 0 Å². The maximum absolute atomic E-state index is 12.3. The highest BCUT2D eigenvalue weighted by Crippen LogP contribution is 2.31. The van der Waals surface area contributed by atoms with Crippen LogP contribution in [0.1, 0.15) is 28.2 Å². The molecule has 1 unspecified atom stereocenters. The summed E-state index contributed by atoms with van der Waals surface area (Å²) in [4.78, 5) is 16.6. The minimum absolute atomic E-state index is 0.0879. The van der Waals surface area contributed by atoms with E-state index in [2.05, 4.69) is 20.8 Å². The van der Waals surface area contributed by atoms with Crippen LogP contribution in [0.25, 0.3) is 0 Å². The first kappa shape index (κ1) is 18.8. The van der Waals surface area contributed by atoms with Crippen molar-refractivity contribution in [2.75, 3.05) is 18.5 Å². The second-order valence-corrected chi connectivity index (χ2v) is 6.76. The lowest BCUT2D eigenvalue weighted by molar-refractivity contribution is 0.0812. The summed E-state index contributed by atoms with van der Waals surface area (Å²) >= 11 is 0. The number of pyridine rings is 1. The van der Waals surface area contributed by atoms with Crippen molar-refractivity contribution in [3.8, 4) is 11.5 Å². The van der Waals surface area contributed by atoms with Gasteiger partial charge in [-0.2, -0.15) is 0 Å². The molecule has 4 rings (SSSR count). The largest absolute Gasteiger partial charge is 0.486 e. The Labute approximate surface area is 168 Å². The standard InChI is InChI=1S/C21H22N4O4/c1-14-10-16(25-29-14)12-24-20-7-6-15(11-23-20)21(26)22-9-8-17-13-27-18-4-2-3-5-19(18)28-17/h2-7,10-11,17H,8-9,12-13H2,1H3,(H,22,26)(H,23,24). The van der Waals surface area contributed by atoms with Crippen LogP contribution in [0.5, 0.6) is 11.5 Å². The summed E-state index contributed by atoms with van der Waals surface area (Å²) in [5.41, 5.74) is 1.29. The molecule has 2 aromatic heterocycles.